The van der Waals surface area contributed by atoms with Crippen LogP contribution in [0, 0.1) is 0 Å². The maximum atomic E-state index is 12.5. The molecule has 0 radical (unpaired) electrons. The van der Waals surface area contributed by atoms with Crippen molar-refractivity contribution in [2.75, 3.05) is 20.3 Å². The van der Waals surface area contributed by atoms with E-state index in [0.29, 0.717) is 47.3 Å². The fourth-order valence-corrected chi connectivity index (χ4v) is 4.95. The number of allylic oxidation sites excluding steroid dienone is 1. The summed E-state index contributed by atoms with van der Waals surface area (Å²) in [4.78, 5) is 24.6. The number of urea groups is 1. The maximum absolute atomic E-state index is 12.5. The van der Waals surface area contributed by atoms with Gasteiger partial charge in [0.05, 0.1) is 31.5 Å². The second-order valence-electron chi connectivity index (χ2n) is 9.51. The van der Waals surface area contributed by atoms with E-state index < -0.39 is 24.3 Å². The number of amides is 2. The van der Waals surface area contributed by atoms with Crippen molar-refractivity contribution in [2.45, 2.75) is 32.7 Å². The summed E-state index contributed by atoms with van der Waals surface area (Å²) < 4.78 is 24.3. The topological polar surface area (TPSA) is 140 Å². The Kier molecular flexibility index (Phi) is 11.6. The Morgan fingerprint density at radius 3 is 2.48 bits per heavy atom. The van der Waals surface area contributed by atoms with Crippen molar-refractivity contribution in [3.8, 4) is 17.2 Å². The molecule has 3 aromatic rings. The summed E-state index contributed by atoms with van der Waals surface area (Å²) >= 11 is 6.90. The summed E-state index contributed by atoms with van der Waals surface area (Å²) in [5.74, 6) is 0.784. The molecule has 0 spiro atoms. The molecule has 0 fully saturated rings. The number of hydrogen-bond acceptors (Lipinski definition) is 9. The second-order valence-corrected chi connectivity index (χ2v) is 11.3. The molecular weight excluding hydrogens is 700 g/mol. The largest absolute Gasteiger partial charge is 0.490 e. The smallest absolute Gasteiger partial charge is 0.337 e. The van der Waals surface area contributed by atoms with Crippen molar-refractivity contribution in [2.24, 2.45) is 5.10 Å². The highest BCUT2D eigenvalue weighted by atomic mass is 79.9. The van der Waals surface area contributed by atoms with Crippen LogP contribution < -0.4 is 30.3 Å². The Hall–Kier alpha value is -4.07. The number of esters is 1. The molecule has 0 saturated carbocycles. The normalized spacial score (nSPS) is 15.3. The number of aliphatic hydroxyl groups is 1. The Bertz CT molecular complexity index is 1550. The van der Waals surface area contributed by atoms with Crippen LogP contribution in [0.5, 0.6) is 17.2 Å². The Labute approximate surface area is 271 Å². The van der Waals surface area contributed by atoms with Gasteiger partial charge >= 0.3 is 12.0 Å². The molecule has 232 valence electrons. The molecule has 0 aromatic heterocycles. The number of halogens is 2. The van der Waals surface area contributed by atoms with Crippen LogP contribution in [0.2, 0.25) is 0 Å². The number of nitrogens with zero attached hydrogens (tertiary/aromatic N) is 1. The molecule has 3 aromatic carbocycles. The van der Waals surface area contributed by atoms with Gasteiger partial charge in [-0.2, -0.15) is 5.10 Å². The van der Waals surface area contributed by atoms with Crippen LogP contribution in [0.15, 0.2) is 86.0 Å². The summed E-state index contributed by atoms with van der Waals surface area (Å²) in [7, 11) is 1.28. The molecule has 4 N–H and O–H groups in total. The number of hydrazone groups is 1. The van der Waals surface area contributed by atoms with E-state index in [1.54, 1.807) is 31.3 Å². The van der Waals surface area contributed by atoms with Crippen LogP contribution in [0.3, 0.4) is 0 Å². The minimum atomic E-state index is -1.15. The van der Waals surface area contributed by atoms with Gasteiger partial charge in [-0.1, -0.05) is 50.1 Å². The molecule has 1 aliphatic rings. The Morgan fingerprint density at radius 1 is 1.02 bits per heavy atom. The molecule has 1 aliphatic heterocycles. The lowest BCUT2D eigenvalue weighted by atomic mass is 9.95. The zero-order valence-corrected chi connectivity index (χ0v) is 27.4. The van der Waals surface area contributed by atoms with Crippen LogP contribution in [0.25, 0.3) is 0 Å². The van der Waals surface area contributed by atoms with Gasteiger partial charge in [0.2, 0.25) is 0 Å². The highest BCUT2D eigenvalue weighted by Gasteiger charge is 2.32. The zero-order chi connectivity index (χ0) is 31.6. The molecule has 2 atom stereocenters. The van der Waals surface area contributed by atoms with E-state index in [1.165, 1.54) is 7.11 Å². The van der Waals surface area contributed by atoms with Gasteiger partial charge in [0.15, 0.2) is 17.7 Å². The molecule has 11 nitrogen and oxygen atoms in total. The summed E-state index contributed by atoms with van der Waals surface area (Å²) in [6, 6.07) is 17.2. The first-order chi connectivity index (χ1) is 21.2. The minimum Gasteiger partial charge on any atom is -0.490 e. The average molecular weight is 732 g/mol. The van der Waals surface area contributed by atoms with Crippen LogP contribution in [0.1, 0.15) is 36.6 Å². The summed E-state index contributed by atoms with van der Waals surface area (Å²) in [6.07, 6.45) is 0.396. The van der Waals surface area contributed by atoms with Gasteiger partial charge in [-0.05, 0) is 67.4 Å². The molecule has 1 heterocycles. The van der Waals surface area contributed by atoms with Gasteiger partial charge in [-0.15, -0.1) is 0 Å². The summed E-state index contributed by atoms with van der Waals surface area (Å²) in [6.45, 7) is 4.01. The lowest BCUT2D eigenvalue weighted by molar-refractivity contribution is -0.136. The highest BCUT2D eigenvalue weighted by molar-refractivity contribution is 9.10. The fourth-order valence-electron chi connectivity index (χ4n) is 4.31. The molecule has 13 heteroatoms. The standard InChI is InChI=1S/C31H32Br2N4O7/c1-4-42-26-14-20(29-28(30(39)41-3)18(2)35-31(40)36-29)7-11-25(26)44-17-27(38)37-34-15-21-13-23(33)10-12-24(21)43-16-19-5-8-22(32)9-6-19/h5-15,27,29,37-38H,4,16-17H2,1-3H3,(H2,35,36,40)/b34-15-/t27-,29+/m1/s1. The van der Waals surface area contributed by atoms with Gasteiger partial charge in [-0.3, -0.25) is 5.43 Å². The first-order valence-corrected chi connectivity index (χ1v) is 15.2. The predicted molar refractivity (Wildman–Crippen MR) is 172 cm³/mol. The minimum absolute atomic E-state index is 0.154. The molecule has 2 amide bonds. The van der Waals surface area contributed by atoms with E-state index in [-0.39, 0.29) is 12.2 Å². The monoisotopic (exact) mass is 730 g/mol. The number of rotatable bonds is 13. The van der Waals surface area contributed by atoms with Crippen LogP contribution in [0.4, 0.5) is 4.79 Å². The van der Waals surface area contributed by atoms with Crippen molar-refractivity contribution in [3.63, 3.8) is 0 Å². The lowest BCUT2D eigenvalue weighted by Crippen LogP contribution is -2.45. The molecule has 44 heavy (non-hydrogen) atoms. The quantitative estimate of drug-likeness (QED) is 0.0803. The van der Waals surface area contributed by atoms with Gasteiger partial charge < -0.3 is 34.7 Å². The molecule has 0 saturated heterocycles. The summed E-state index contributed by atoms with van der Waals surface area (Å²) in [5.41, 5.74) is 5.62. The van der Waals surface area contributed by atoms with Crippen LogP contribution in [-0.4, -0.2) is 49.9 Å². The Morgan fingerprint density at radius 2 is 1.75 bits per heavy atom. The van der Waals surface area contributed by atoms with Gasteiger partial charge in [0, 0.05) is 20.2 Å². The van der Waals surface area contributed by atoms with Gasteiger partial charge in [-0.25, -0.2) is 9.59 Å². The van der Waals surface area contributed by atoms with E-state index in [2.05, 4.69) is 53.0 Å². The van der Waals surface area contributed by atoms with E-state index in [1.807, 2.05) is 49.4 Å². The molecule has 4 rings (SSSR count). The summed E-state index contributed by atoms with van der Waals surface area (Å²) in [5, 5.41) is 20.0. The number of aliphatic hydroxyl groups excluding tert-OH is 1. The third-order valence-corrected chi connectivity index (χ3v) is 7.40. The van der Waals surface area contributed by atoms with Crippen molar-refractivity contribution in [1.82, 2.24) is 16.1 Å². The molecule has 0 aliphatic carbocycles. The maximum Gasteiger partial charge on any atom is 0.337 e. The zero-order valence-electron chi connectivity index (χ0n) is 24.2. The van der Waals surface area contributed by atoms with Crippen LogP contribution >= 0.6 is 31.9 Å². The van der Waals surface area contributed by atoms with E-state index in [0.717, 1.165) is 14.5 Å². The van der Waals surface area contributed by atoms with E-state index in [9.17, 15) is 14.7 Å². The molecule has 0 bridgehead atoms. The SMILES string of the molecule is CCOc1cc([C@@H]2NC(=O)NC(C)=C2C(=O)OC)ccc1OC[C@@H](O)N/N=C\c1cc(Br)ccc1OCc1ccc(Br)cc1. The predicted octanol–water partition coefficient (Wildman–Crippen LogP) is 5.31. The number of nitrogens with one attached hydrogen (secondary N) is 3. The second kappa shape index (κ2) is 15.6. The van der Waals surface area contributed by atoms with Crippen molar-refractivity contribution in [1.29, 1.82) is 0 Å². The average Bonchev–Trinajstić information content (AvgIpc) is 3.00. The number of benzene rings is 3. The lowest BCUT2D eigenvalue weighted by Gasteiger charge is -2.28. The number of methoxy groups -OCH3 is 1. The first-order valence-electron chi connectivity index (χ1n) is 13.6. The fraction of sp³-hybridized carbons (Fsp3) is 0.258. The van der Waals surface area contributed by atoms with Crippen molar-refractivity contribution < 1.29 is 33.6 Å². The molecular formula is C31H32Br2N4O7. The van der Waals surface area contributed by atoms with Gasteiger partial charge in [0.1, 0.15) is 19.0 Å². The van der Waals surface area contributed by atoms with Gasteiger partial charge in [0.25, 0.3) is 0 Å². The van der Waals surface area contributed by atoms with Crippen LogP contribution in [-0.2, 0) is 16.1 Å². The highest BCUT2D eigenvalue weighted by Crippen LogP contribution is 2.35. The third-order valence-electron chi connectivity index (χ3n) is 6.38. The van der Waals surface area contributed by atoms with Crippen molar-refractivity contribution in [3.05, 3.63) is 97.6 Å². The van der Waals surface area contributed by atoms with Crippen molar-refractivity contribution >= 4 is 50.1 Å². The van der Waals surface area contributed by atoms with E-state index in [4.69, 9.17) is 18.9 Å². The van der Waals surface area contributed by atoms with E-state index >= 15 is 0 Å². The number of ether oxygens (including phenoxy) is 4. The Balaban J connectivity index is 1.40. The number of hydrogen-bond donors (Lipinski definition) is 4. The number of carbonyl (C=O) groups excluding carboxylic acids is 2. The molecule has 0 unspecified atom stereocenters. The third kappa shape index (κ3) is 8.74. The first kappa shape index (κ1) is 32.8. The number of carbonyl (C=O) groups is 2.